The van der Waals surface area contributed by atoms with Crippen molar-refractivity contribution < 1.29 is 23.9 Å². The number of hydrogen-bond donors (Lipinski definition) is 2. The first-order valence-electron chi connectivity index (χ1n) is 9.70. The maximum absolute atomic E-state index is 12.6. The molecular formula is C21H39NO5Si. The summed E-state index contributed by atoms with van der Waals surface area (Å²) >= 11 is 0. The van der Waals surface area contributed by atoms with Crippen molar-refractivity contribution in [3.8, 4) is 0 Å². The number of ether oxygens (including phenoxy) is 1. The van der Waals surface area contributed by atoms with Crippen molar-refractivity contribution in [1.82, 2.24) is 5.32 Å². The van der Waals surface area contributed by atoms with Gasteiger partial charge < -0.3 is 19.6 Å². The molecule has 0 heterocycles. The van der Waals surface area contributed by atoms with Crippen LogP contribution in [0.25, 0.3) is 0 Å². The highest BCUT2D eigenvalue weighted by Crippen LogP contribution is 2.37. The molecule has 6 nitrogen and oxygen atoms in total. The molecule has 0 aliphatic carbocycles. The minimum absolute atomic E-state index is 0.0507. The highest BCUT2D eigenvalue weighted by molar-refractivity contribution is 6.74. The number of amides is 1. The monoisotopic (exact) mass is 413 g/mol. The number of aliphatic hydroxyl groups excluding tert-OH is 1. The van der Waals surface area contributed by atoms with Gasteiger partial charge in [-0.15, -0.1) is 0 Å². The van der Waals surface area contributed by atoms with Crippen LogP contribution in [0.5, 0.6) is 0 Å². The molecule has 0 aliphatic rings. The summed E-state index contributed by atoms with van der Waals surface area (Å²) < 4.78 is 11.5. The Labute approximate surface area is 171 Å². The van der Waals surface area contributed by atoms with E-state index in [4.69, 9.17) is 9.16 Å². The fourth-order valence-corrected chi connectivity index (χ4v) is 3.53. The number of carbonyl (C=O) groups excluding carboxylic acids is 2. The van der Waals surface area contributed by atoms with Gasteiger partial charge in [-0.05, 0) is 58.8 Å². The quantitative estimate of drug-likeness (QED) is 0.351. The van der Waals surface area contributed by atoms with E-state index >= 15 is 0 Å². The maximum Gasteiger partial charge on any atom is 0.408 e. The zero-order valence-electron chi connectivity index (χ0n) is 19.1. The van der Waals surface area contributed by atoms with E-state index in [9.17, 15) is 14.7 Å². The standard InChI is InChI=1S/C21H39NO5Si/c1-11-12-13-14-16(23)17(22-19(25)26-20(3,4)5)18(24)15(2)27-28(9,10)21(6,7)8/h11-15,17-18,24H,1-10H3,(H,22,25)/b12-11+,14-13+/t15-,17?,18?/m1/s1. The van der Waals surface area contributed by atoms with Crippen molar-refractivity contribution in [3.05, 3.63) is 24.3 Å². The fraction of sp³-hybridized carbons (Fsp3) is 0.714. The molecule has 0 spiro atoms. The minimum atomic E-state index is -2.17. The molecule has 3 atom stereocenters. The molecule has 2 unspecified atom stereocenters. The maximum atomic E-state index is 12.6. The largest absolute Gasteiger partial charge is 0.444 e. The molecule has 0 aromatic heterocycles. The van der Waals surface area contributed by atoms with E-state index in [1.54, 1.807) is 45.9 Å². The van der Waals surface area contributed by atoms with E-state index in [1.165, 1.54) is 6.08 Å². The molecule has 28 heavy (non-hydrogen) atoms. The highest BCUT2D eigenvalue weighted by Gasteiger charge is 2.41. The van der Waals surface area contributed by atoms with Crippen molar-refractivity contribution in [2.75, 3.05) is 0 Å². The summed E-state index contributed by atoms with van der Waals surface area (Å²) in [6.07, 6.45) is 3.75. The number of allylic oxidation sites excluding steroid dienone is 3. The lowest BCUT2D eigenvalue weighted by molar-refractivity contribution is -0.121. The van der Waals surface area contributed by atoms with Gasteiger partial charge in [0.15, 0.2) is 14.1 Å². The van der Waals surface area contributed by atoms with Crippen LogP contribution in [-0.4, -0.2) is 49.2 Å². The predicted octanol–water partition coefficient (Wildman–Crippen LogP) is 4.35. The van der Waals surface area contributed by atoms with Crippen LogP contribution in [0.1, 0.15) is 55.4 Å². The molecule has 0 radical (unpaired) electrons. The van der Waals surface area contributed by atoms with Crippen LogP contribution in [0.2, 0.25) is 18.1 Å². The van der Waals surface area contributed by atoms with E-state index in [0.29, 0.717) is 0 Å². The van der Waals surface area contributed by atoms with E-state index in [0.717, 1.165) is 0 Å². The highest BCUT2D eigenvalue weighted by atomic mass is 28.4. The SMILES string of the molecule is C/C=C/C=C/C(=O)C(NC(=O)OC(C)(C)C)C(O)[C@@H](C)O[Si](C)(C)C(C)(C)C. The van der Waals surface area contributed by atoms with Gasteiger partial charge in [0.25, 0.3) is 0 Å². The zero-order chi connectivity index (χ0) is 22.3. The lowest BCUT2D eigenvalue weighted by Gasteiger charge is -2.40. The Morgan fingerprint density at radius 3 is 2.04 bits per heavy atom. The van der Waals surface area contributed by atoms with Crippen LogP contribution in [0.15, 0.2) is 24.3 Å². The van der Waals surface area contributed by atoms with Crippen molar-refractivity contribution in [3.63, 3.8) is 0 Å². The molecule has 1 amide bonds. The van der Waals surface area contributed by atoms with Gasteiger partial charge in [-0.2, -0.15) is 0 Å². The molecule has 2 N–H and O–H groups in total. The number of nitrogens with one attached hydrogen (secondary N) is 1. The van der Waals surface area contributed by atoms with E-state index < -0.39 is 44.0 Å². The van der Waals surface area contributed by atoms with Crippen LogP contribution in [0.3, 0.4) is 0 Å². The second kappa shape index (κ2) is 10.4. The Morgan fingerprint density at radius 2 is 1.61 bits per heavy atom. The number of aliphatic hydroxyl groups is 1. The molecule has 0 saturated carbocycles. The minimum Gasteiger partial charge on any atom is -0.444 e. The van der Waals surface area contributed by atoms with Crippen molar-refractivity contribution >= 4 is 20.2 Å². The fourth-order valence-electron chi connectivity index (χ4n) is 2.11. The summed E-state index contributed by atoms with van der Waals surface area (Å²) in [7, 11) is -2.17. The summed E-state index contributed by atoms with van der Waals surface area (Å²) in [6.45, 7) is 19.2. The van der Waals surface area contributed by atoms with Gasteiger partial charge in [-0.3, -0.25) is 4.79 Å². The first-order chi connectivity index (χ1) is 12.5. The summed E-state index contributed by atoms with van der Waals surface area (Å²) in [4.78, 5) is 24.8. The van der Waals surface area contributed by atoms with Gasteiger partial charge in [-0.25, -0.2) is 4.79 Å². The third-order valence-electron chi connectivity index (χ3n) is 4.65. The molecule has 162 valence electrons. The van der Waals surface area contributed by atoms with E-state index in [2.05, 4.69) is 39.2 Å². The van der Waals surface area contributed by atoms with Gasteiger partial charge in [-0.1, -0.05) is 39.0 Å². The molecule has 0 aliphatic heterocycles. The van der Waals surface area contributed by atoms with Gasteiger partial charge in [0.1, 0.15) is 17.7 Å². The summed E-state index contributed by atoms with van der Waals surface area (Å²) in [6, 6.07) is -1.17. The van der Waals surface area contributed by atoms with Crippen LogP contribution in [0.4, 0.5) is 4.79 Å². The second-order valence-corrected chi connectivity index (χ2v) is 14.2. The van der Waals surface area contributed by atoms with Crippen molar-refractivity contribution in [2.24, 2.45) is 0 Å². The average molecular weight is 414 g/mol. The number of hydrogen-bond acceptors (Lipinski definition) is 5. The summed E-state index contributed by atoms with van der Waals surface area (Å²) in [5.74, 6) is -0.429. The Bertz CT molecular complexity index is 585. The first-order valence-corrected chi connectivity index (χ1v) is 12.6. The smallest absolute Gasteiger partial charge is 0.408 e. The first kappa shape index (κ1) is 26.6. The normalized spacial score (nSPS) is 16.8. The van der Waals surface area contributed by atoms with Crippen molar-refractivity contribution in [2.45, 2.75) is 97.4 Å². The van der Waals surface area contributed by atoms with Gasteiger partial charge in [0.05, 0.1) is 6.10 Å². The molecule has 0 aromatic carbocycles. The van der Waals surface area contributed by atoms with E-state index in [-0.39, 0.29) is 5.04 Å². The lowest BCUT2D eigenvalue weighted by atomic mass is 10.0. The van der Waals surface area contributed by atoms with Crippen LogP contribution < -0.4 is 5.32 Å². The lowest BCUT2D eigenvalue weighted by Crippen LogP contribution is -2.56. The topological polar surface area (TPSA) is 84.9 Å². The van der Waals surface area contributed by atoms with E-state index in [1.807, 2.05) is 6.92 Å². The number of ketones is 1. The second-order valence-electron chi connectivity index (χ2n) is 9.49. The Hall–Kier alpha value is -1.44. The van der Waals surface area contributed by atoms with Gasteiger partial charge >= 0.3 is 6.09 Å². The molecule has 0 fully saturated rings. The molecular weight excluding hydrogens is 374 g/mol. The number of carbonyl (C=O) groups is 2. The average Bonchev–Trinajstić information content (AvgIpc) is 2.48. The van der Waals surface area contributed by atoms with Gasteiger partial charge in [0, 0.05) is 0 Å². The molecule has 0 rings (SSSR count). The third kappa shape index (κ3) is 9.17. The summed E-state index contributed by atoms with van der Waals surface area (Å²) in [5.41, 5.74) is -0.716. The number of alkyl carbamates (subject to hydrolysis) is 1. The Morgan fingerprint density at radius 1 is 1.07 bits per heavy atom. The van der Waals surface area contributed by atoms with Gasteiger partial charge in [0.2, 0.25) is 0 Å². The van der Waals surface area contributed by atoms with Crippen LogP contribution >= 0.6 is 0 Å². The zero-order valence-corrected chi connectivity index (χ0v) is 20.1. The van der Waals surface area contributed by atoms with Crippen molar-refractivity contribution in [1.29, 1.82) is 0 Å². The molecule has 0 saturated heterocycles. The van der Waals surface area contributed by atoms with Crippen LogP contribution in [0, 0.1) is 0 Å². The summed E-state index contributed by atoms with van der Waals surface area (Å²) in [5, 5.41) is 13.3. The Kier molecular flexibility index (Phi) is 9.83. The predicted molar refractivity (Wildman–Crippen MR) is 116 cm³/mol. The molecule has 7 heteroatoms. The van der Waals surface area contributed by atoms with Crippen LogP contribution in [-0.2, 0) is 14.0 Å². The number of rotatable bonds is 8. The third-order valence-corrected chi connectivity index (χ3v) is 9.23. The Balaban J connectivity index is 5.52. The molecule has 0 bridgehead atoms. The molecule has 0 aromatic rings.